The maximum Gasteiger partial charge on any atom is 0.268 e. The number of carbonyl (C=O) groups is 1. The predicted octanol–water partition coefficient (Wildman–Crippen LogP) is 2.50. The van der Waals surface area contributed by atoms with E-state index in [-0.39, 0.29) is 5.91 Å². The molecule has 5 nitrogen and oxygen atoms in total. The number of amides is 1. The van der Waals surface area contributed by atoms with Crippen molar-refractivity contribution in [2.45, 2.75) is 26.9 Å². The molecular formula is C12H14BrN3O2. The third-order valence-corrected chi connectivity index (χ3v) is 2.97. The van der Waals surface area contributed by atoms with Crippen molar-refractivity contribution in [3.8, 4) is 0 Å². The van der Waals surface area contributed by atoms with Crippen LogP contribution in [-0.2, 0) is 13.1 Å². The van der Waals surface area contributed by atoms with E-state index in [1.807, 2.05) is 24.6 Å². The first-order chi connectivity index (χ1) is 8.60. The number of hydrogen-bond donors (Lipinski definition) is 1. The maximum absolute atomic E-state index is 12.0. The number of aromatic nitrogens is 2. The Balaban J connectivity index is 2.03. The minimum absolute atomic E-state index is 0.128. The first kappa shape index (κ1) is 12.9. The number of aryl methyl sites for hydroxylation is 2. The Hall–Kier alpha value is -1.56. The highest BCUT2D eigenvalue weighted by molar-refractivity contribution is 9.10. The van der Waals surface area contributed by atoms with E-state index in [1.54, 1.807) is 12.1 Å². The van der Waals surface area contributed by atoms with E-state index in [2.05, 4.69) is 26.4 Å². The third kappa shape index (κ3) is 2.81. The normalized spacial score (nSPS) is 10.6. The van der Waals surface area contributed by atoms with Crippen LogP contribution >= 0.6 is 15.9 Å². The molecule has 0 aliphatic rings. The molecule has 0 unspecified atom stereocenters. The zero-order chi connectivity index (χ0) is 13.1. The van der Waals surface area contributed by atoms with Gasteiger partial charge in [-0.3, -0.25) is 4.79 Å². The SMILES string of the molecule is CCn1cc(Br)cc1C(=O)NCc1cc(C)no1. The second kappa shape index (κ2) is 5.39. The number of halogens is 1. The van der Waals surface area contributed by atoms with E-state index in [4.69, 9.17) is 4.52 Å². The van der Waals surface area contributed by atoms with E-state index < -0.39 is 0 Å². The van der Waals surface area contributed by atoms with E-state index >= 15 is 0 Å². The van der Waals surface area contributed by atoms with Gasteiger partial charge in [0, 0.05) is 23.3 Å². The molecule has 2 aromatic rings. The average Bonchev–Trinajstić information content (AvgIpc) is 2.92. The van der Waals surface area contributed by atoms with Crippen molar-refractivity contribution in [1.82, 2.24) is 15.0 Å². The highest BCUT2D eigenvalue weighted by Gasteiger charge is 2.12. The van der Waals surface area contributed by atoms with Crippen LogP contribution in [0.1, 0.15) is 28.9 Å². The largest absolute Gasteiger partial charge is 0.359 e. The molecule has 0 fully saturated rings. The number of rotatable bonds is 4. The summed E-state index contributed by atoms with van der Waals surface area (Å²) < 4.78 is 7.81. The number of nitrogens with one attached hydrogen (secondary N) is 1. The number of hydrogen-bond acceptors (Lipinski definition) is 3. The molecule has 1 N–H and O–H groups in total. The highest BCUT2D eigenvalue weighted by atomic mass is 79.9. The second-order valence-electron chi connectivity index (χ2n) is 3.95. The summed E-state index contributed by atoms with van der Waals surface area (Å²) in [7, 11) is 0. The van der Waals surface area contributed by atoms with Gasteiger partial charge in [0.05, 0.1) is 12.2 Å². The van der Waals surface area contributed by atoms with Crippen molar-refractivity contribution in [1.29, 1.82) is 0 Å². The Morgan fingerprint density at radius 2 is 2.33 bits per heavy atom. The molecule has 6 heteroatoms. The summed E-state index contributed by atoms with van der Waals surface area (Å²) in [6.07, 6.45) is 1.88. The summed E-state index contributed by atoms with van der Waals surface area (Å²) in [5, 5.41) is 6.57. The van der Waals surface area contributed by atoms with Crippen LogP contribution in [0, 0.1) is 6.92 Å². The minimum atomic E-state index is -0.128. The Morgan fingerprint density at radius 3 is 2.94 bits per heavy atom. The summed E-state index contributed by atoms with van der Waals surface area (Å²) in [6.45, 7) is 4.92. The second-order valence-corrected chi connectivity index (χ2v) is 4.86. The van der Waals surface area contributed by atoms with Crippen LogP contribution < -0.4 is 5.32 Å². The van der Waals surface area contributed by atoms with Gasteiger partial charge >= 0.3 is 0 Å². The van der Waals surface area contributed by atoms with E-state index in [0.717, 1.165) is 16.7 Å². The molecule has 0 bridgehead atoms. The molecule has 0 spiro atoms. The maximum atomic E-state index is 12.0. The lowest BCUT2D eigenvalue weighted by Gasteiger charge is -2.05. The molecule has 0 radical (unpaired) electrons. The lowest BCUT2D eigenvalue weighted by molar-refractivity contribution is 0.0938. The molecule has 1 amide bonds. The van der Waals surface area contributed by atoms with Gasteiger partial charge in [-0.2, -0.15) is 0 Å². The van der Waals surface area contributed by atoms with Crippen LogP contribution in [0.15, 0.2) is 27.3 Å². The Kier molecular flexibility index (Phi) is 3.86. The van der Waals surface area contributed by atoms with Gasteiger partial charge in [-0.1, -0.05) is 5.16 Å². The minimum Gasteiger partial charge on any atom is -0.359 e. The molecule has 2 rings (SSSR count). The van der Waals surface area contributed by atoms with E-state index in [9.17, 15) is 4.79 Å². The van der Waals surface area contributed by atoms with Crippen LogP contribution in [0.4, 0.5) is 0 Å². The van der Waals surface area contributed by atoms with Crippen LogP contribution in [0.5, 0.6) is 0 Å². The van der Waals surface area contributed by atoms with Crippen LogP contribution in [0.25, 0.3) is 0 Å². The van der Waals surface area contributed by atoms with Crippen molar-refractivity contribution in [2.24, 2.45) is 0 Å². The van der Waals surface area contributed by atoms with Crippen molar-refractivity contribution in [3.05, 3.63) is 40.0 Å². The molecule has 2 heterocycles. The fraction of sp³-hybridized carbons (Fsp3) is 0.333. The zero-order valence-corrected chi connectivity index (χ0v) is 11.8. The van der Waals surface area contributed by atoms with Gasteiger partial charge in [0.15, 0.2) is 5.76 Å². The quantitative estimate of drug-likeness (QED) is 0.943. The fourth-order valence-electron chi connectivity index (χ4n) is 1.68. The summed E-state index contributed by atoms with van der Waals surface area (Å²) >= 11 is 3.36. The summed E-state index contributed by atoms with van der Waals surface area (Å²) in [5.41, 5.74) is 1.43. The lowest BCUT2D eigenvalue weighted by Crippen LogP contribution is -2.25. The Bertz CT molecular complexity index is 559. The standard InChI is InChI=1S/C12H14BrN3O2/c1-3-16-7-9(13)5-11(16)12(17)14-6-10-4-8(2)15-18-10/h4-5,7H,3,6H2,1-2H3,(H,14,17). The highest BCUT2D eigenvalue weighted by Crippen LogP contribution is 2.15. The monoisotopic (exact) mass is 311 g/mol. The Labute approximate surface area is 113 Å². The topological polar surface area (TPSA) is 60.1 Å². The first-order valence-corrected chi connectivity index (χ1v) is 6.45. The number of nitrogens with zero attached hydrogens (tertiary/aromatic N) is 2. The smallest absolute Gasteiger partial charge is 0.268 e. The van der Waals surface area contributed by atoms with Crippen molar-refractivity contribution < 1.29 is 9.32 Å². The summed E-state index contributed by atoms with van der Waals surface area (Å²) in [4.78, 5) is 12.0. The fourth-order valence-corrected chi connectivity index (χ4v) is 2.15. The van der Waals surface area contributed by atoms with Crippen molar-refractivity contribution >= 4 is 21.8 Å². The number of carbonyl (C=O) groups excluding carboxylic acids is 1. The van der Waals surface area contributed by atoms with E-state index in [1.165, 1.54) is 0 Å². The summed E-state index contributed by atoms with van der Waals surface area (Å²) in [6, 6.07) is 3.60. The molecule has 0 atom stereocenters. The van der Waals surface area contributed by atoms with Gasteiger partial charge in [0.2, 0.25) is 0 Å². The van der Waals surface area contributed by atoms with Gasteiger partial charge in [0.25, 0.3) is 5.91 Å². The molecule has 0 aliphatic heterocycles. The summed E-state index contributed by atoms with van der Waals surface area (Å²) in [5.74, 6) is 0.520. The molecule has 0 saturated heterocycles. The van der Waals surface area contributed by atoms with Gasteiger partial charge < -0.3 is 14.4 Å². The first-order valence-electron chi connectivity index (χ1n) is 5.66. The van der Waals surface area contributed by atoms with Crippen LogP contribution in [-0.4, -0.2) is 15.6 Å². The van der Waals surface area contributed by atoms with Gasteiger partial charge in [0.1, 0.15) is 5.69 Å². The van der Waals surface area contributed by atoms with Gasteiger partial charge in [-0.25, -0.2) is 0 Å². The zero-order valence-electron chi connectivity index (χ0n) is 10.2. The van der Waals surface area contributed by atoms with Crippen molar-refractivity contribution in [2.75, 3.05) is 0 Å². The van der Waals surface area contributed by atoms with Crippen LogP contribution in [0.3, 0.4) is 0 Å². The van der Waals surface area contributed by atoms with Crippen LogP contribution in [0.2, 0.25) is 0 Å². The molecule has 0 aliphatic carbocycles. The third-order valence-electron chi connectivity index (χ3n) is 2.54. The lowest BCUT2D eigenvalue weighted by atomic mass is 10.3. The molecule has 2 aromatic heterocycles. The van der Waals surface area contributed by atoms with Gasteiger partial charge in [-0.15, -0.1) is 0 Å². The van der Waals surface area contributed by atoms with E-state index in [0.29, 0.717) is 18.0 Å². The predicted molar refractivity (Wildman–Crippen MR) is 70.2 cm³/mol. The molecule has 0 saturated carbocycles. The molecule has 0 aromatic carbocycles. The Morgan fingerprint density at radius 1 is 1.56 bits per heavy atom. The average molecular weight is 312 g/mol. The van der Waals surface area contributed by atoms with Gasteiger partial charge in [-0.05, 0) is 35.8 Å². The molecular weight excluding hydrogens is 298 g/mol. The van der Waals surface area contributed by atoms with Crippen molar-refractivity contribution in [3.63, 3.8) is 0 Å². The molecule has 96 valence electrons. The molecule has 18 heavy (non-hydrogen) atoms.